The summed E-state index contributed by atoms with van der Waals surface area (Å²) in [6, 6.07) is 1.61. The molecule has 0 saturated carbocycles. The number of nitrogens with zero attached hydrogens (tertiary/aromatic N) is 2. The van der Waals surface area contributed by atoms with Crippen molar-refractivity contribution in [2.75, 3.05) is 25.5 Å². The number of nitrogens with one attached hydrogen (secondary N) is 1. The van der Waals surface area contributed by atoms with Gasteiger partial charge in [-0.3, -0.25) is 33.8 Å². The first-order valence-electron chi connectivity index (χ1n) is 8.68. The molecule has 28 heavy (non-hydrogen) atoms. The number of β-amino-alcohol motifs (C(OH)–C–C–N with tert-alkyl or cyclic N) is 1. The van der Waals surface area contributed by atoms with Gasteiger partial charge in [0.25, 0.3) is 17.7 Å². The van der Waals surface area contributed by atoms with Gasteiger partial charge in [-0.25, -0.2) is 0 Å². The van der Waals surface area contributed by atoms with Crippen molar-refractivity contribution >= 4 is 35.3 Å². The fourth-order valence-corrected chi connectivity index (χ4v) is 3.49. The van der Waals surface area contributed by atoms with Crippen LogP contribution in [0.1, 0.15) is 40.5 Å². The third-order valence-corrected chi connectivity index (χ3v) is 4.67. The molecule has 0 aromatic heterocycles. The molecule has 1 aromatic rings. The Labute approximate surface area is 160 Å². The van der Waals surface area contributed by atoms with Crippen molar-refractivity contribution in [3.63, 3.8) is 0 Å². The third kappa shape index (κ3) is 3.01. The number of amides is 4. The van der Waals surface area contributed by atoms with Gasteiger partial charge >= 0.3 is 5.97 Å². The van der Waals surface area contributed by atoms with E-state index >= 15 is 0 Å². The third-order valence-electron chi connectivity index (χ3n) is 4.67. The number of aliphatic hydroxyl groups excluding tert-OH is 1. The maximum Gasteiger partial charge on any atom is 0.308 e. The minimum Gasteiger partial charge on any atom is -0.424 e. The maximum absolute atomic E-state index is 13.0. The molecule has 0 spiro atoms. The molecule has 2 aliphatic rings. The lowest BCUT2D eigenvalue weighted by molar-refractivity contribution is -0.152. The highest BCUT2D eigenvalue weighted by Gasteiger charge is 2.48. The van der Waals surface area contributed by atoms with Crippen molar-refractivity contribution in [3.05, 3.63) is 23.3 Å². The highest BCUT2D eigenvalue weighted by molar-refractivity contribution is 6.26. The quantitative estimate of drug-likeness (QED) is 0.400. The van der Waals surface area contributed by atoms with E-state index in [0.717, 1.165) is 9.80 Å². The fourth-order valence-electron chi connectivity index (χ4n) is 3.49. The summed E-state index contributed by atoms with van der Waals surface area (Å²) in [5, 5.41) is 11.8. The maximum atomic E-state index is 13.0. The predicted molar refractivity (Wildman–Crippen MR) is 94.6 cm³/mol. The Morgan fingerprint density at radius 3 is 2.57 bits per heavy atom. The number of anilines is 1. The van der Waals surface area contributed by atoms with Crippen molar-refractivity contribution in [1.29, 1.82) is 0 Å². The first kappa shape index (κ1) is 19.5. The van der Waals surface area contributed by atoms with E-state index in [2.05, 4.69) is 5.32 Å². The summed E-state index contributed by atoms with van der Waals surface area (Å²) < 4.78 is 5.08. The molecule has 2 N–H and O–H groups in total. The summed E-state index contributed by atoms with van der Waals surface area (Å²) >= 11 is 0. The zero-order valence-electron chi connectivity index (χ0n) is 15.4. The van der Waals surface area contributed by atoms with E-state index in [9.17, 15) is 24.0 Å². The number of carbonyl (C=O) groups is 5. The fraction of sp³-hybridized carbons (Fsp3) is 0.389. The Bertz CT molecular complexity index is 895. The van der Waals surface area contributed by atoms with E-state index in [-0.39, 0.29) is 42.0 Å². The molecular weight excluding hydrogens is 370 g/mol. The Balaban J connectivity index is 2.00. The zero-order chi connectivity index (χ0) is 20.6. The number of hydrogen-bond donors (Lipinski definition) is 2. The molecule has 1 aromatic carbocycles. The number of carbonyl (C=O) groups excluding carboxylic acids is 5. The summed E-state index contributed by atoms with van der Waals surface area (Å²) in [4.78, 5) is 63.5. The van der Waals surface area contributed by atoms with Crippen molar-refractivity contribution in [2.45, 2.75) is 25.8 Å². The molecule has 1 unspecified atom stereocenters. The number of aliphatic hydroxyl groups is 1. The van der Waals surface area contributed by atoms with Gasteiger partial charge in [-0.05, 0) is 18.6 Å². The molecule has 148 valence electrons. The lowest BCUT2D eigenvalue weighted by atomic mass is 10.0. The molecular formula is C18H19N3O7. The van der Waals surface area contributed by atoms with Crippen LogP contribution >= 0.6 is 0 Å². The molecule has 2 heterocycles. The zero-order valence-corrected chi connectivity index (χ0v) is 15.4. The molecule has 2 aliphatic heterocycles. The van der Waals surface area contributed by atoms with E-state index in [4.69, 9.17) is 9.84 Å². The van der Waals surface area contributed by atoms with E-state index in [1.807, 2.05) is 0 Å². The second kappa shape index (κ2) is 7.39. The van der Waals surface area contributed by atoms with Crippen molar-refractivity contribution in [3.8, 4) is 5.75 Å². The highest BCUT2D eigenvalue weighted by atomic mass is 16.5. The molecule has 1 atom stereocenters. The van der Waals surface area contributed by atoms with Gasteiger partial charge in [-0.15, -0.1) is 0 Å². The number of piperidine rings is 1. The summed E-state index contributed by atoms with van der Waals surface area (Å²) in [5.74, 6) is -3.04. The Morgan fingerprint density at radius 2 is 1.96 bits per heavy atom. The van der Waals surface area contributed by atoms with Gasteiger partial charge in [0.1, 0.15) is 6.04 Å². The van der Waals surface area contributed by atoms with Crippen LogP contribution in [0, 0.1) is 0 Å². The first-order valence-corrected chi connectivity index (χ1v) is 8.68. The van der Waals surface area contributed by atoms with Gasteiger partial charge < -0.3 is 15.2 Å². The molecule has 0 bridgehead atoms. The highest BCUT2D eigenvalue weighted by Crippen LogP contribution is 2.38. The number of ether oxygens (including phenoxy) is 1. The monoisotopic (exact) mass is 389 g/mol. The number of rotatable bonds is 5. The summed E-state index contributed by atoms with van der Waals surface area (Å²) in [5.41, 5.74) is 0.244. The normalized spacial score (nSPS) is 19.2. The van der Waals surface area contributed by atoms with Gasteiger partial charge in [-0.2, -0.15) is 0 Å². The second-order valence-electron chi connectivity index (χ2n) is 6.35. The van der Waals surface area contributed by atoms with Gasteiger partial charge in [0.15, 0.2) is 5.75 Å². The van der Waals surface area contributed by atoms with E-state index in [1.165, 1.54) is 26.1 Å². The van der Waals surface area contributed by atoms with Crippen LogP contribution in [0.25, 0.3) is 0 Å². The largest absolute Gasteiger partial charge is 0.424 e. The van der Waals surface area contributed by atoms with Gasteiger partial charge in [-0.1, -0.05) is 0 Å². The van der Waals surface area contributed by atoms with E-state index < -0.39 is 42.2 Å². The van der Waals surface area contributed by atoms with Crippen LogP contribution in [-0.4, -0.2) is 70.7 Å². The molecule has 10 nitrogen and oxygen atoms in total. The minimum atomic E-state index is -1.14. The molecule has 1 saturated heterocycles. The summed E-state index contributed by atoms with van der Waals surface area (Å²) in [7, 11) is 1.51. The van der Waals surface area contributed by atoms with Crippen LogP contribution < -0.4 is 10.1 Å². The van der Waals surface area contributed by atoms with Crippen LogP contribution in [0.5, 0.6) is 5.75 Å². The SMILES string of the molecule is CNc1c(OC(C)=O)ccc2c1C(=O)N(C1CCC(=O)N(CCO)C1=O)C2=O. The van der Waals surface area contributed by atoms with Gasteiger partial charge in [0.05, 0.1) is 30.0 Å². The van der Waals surface area contributed by atoms with Crippen LogP contribution in [0.15, 0.2) is 12.1 Å². The molecule has 4 amide bonds. The van der Waals surface area contributed by atoms with Crippen LogP contribution in [0.2, 0.25) is 0 Å². The average Bonchev–Trinajstić information content (AvgIpc) is 2.89. The second-order valence-corrected chi connectivity index (χ2v) is 6.35. The molecule has 0 radical (unpaired) electrons. The van der Waals surface area contributed by atoms with Gasteiger partial charge in [0.2, 0.25) is 5.91 Å². The van der Waals surface area contributed by atoms with Crippen molar-refractivity contribution < 1.29 is 33.8 Å². The van der Waals surface area contributed by atoms with E-state index in [1.54, 1.807) is 0 Å². The molecule has 0 aliphatic carbocycles. The average molecular weight is 389 g/mol. The Kier molecular flexibility index (Phi) is 5.14. The van der Waals surface area contributed by atoms with Gasteiger partial charge in [0, 0.05) is 20.4 Å². The molecule has 1 fully saturated rings. The smallest absolute Gasteiger partial charge is 0.308 e. The number of likely N-dealkylation sites (tertiary alicyclic amines) is 1. The van der Waals surface area contributed by atoms with Crippen LogP contribution in [0.4, 0.5) is 5.69 Å². The van der Waals surface area contributed by atoms with Crippen LogP contribution in [0.3, 0.4) is 0 Å². The standard InChI is InChI=1S/C18H19N3O7/c1-9(23)28-12-5-3-10-14(15(12)19-2)18(27)21(16(10)25)11-4-6-13(24)20(7-8-22)17(11)26/h3,5,11,19,22H,4,6-8H2,1-2H3. The molecule has 3 rings (SSSR count). The lowest BCUT2D eigenvalue weighted by Crippen LogP contribution is -2.56. The van der Waals surface area contributed by atoms with Crippen LogP contribution in [-0.2, 0) is 14.4 Å². The predicted octanol–water partition coefficient (Wildman–Crippen LogP) is -0.241. The Morgan fingerprint density at radius 1 is 1.25 bits per heavy atom. The van der Waals surface area contributed by atoms with Crippen molar-refractivity contribution in [1.82, 2.24) is 9.80 Å². The molecule has 10 heteroatoms. The number of fused-ring (bicyclic) bond motifs is 1. The number of esters is 1. The van der Waals surface area contributed by atoms with E-state index in [0.29, 0.717) is 0 Å². The summed E-state index contributed by atoms with van der Waals surface area (Å²) in [6.45, 7) is 0.594. The number of benzene rings is 1. The first-order chi connectivity index (χ1) is 13.3. The number of imide groups is 2. The lowest BCUT2D eigenvalue weighted by Gasteiger charge is -2.34. The topological polar surface area (TPSA) is 133 Å². The summed E-state index contributed by atoms with van der Waals surface area (Å²) in [6.07, 6.45) is -0.0157. The van der Waals surface area contributed by atoms with Crippen molar-refractivity contribution in [2.24, 2.45) is 0 Å². The Hall–Kier alpha value is -3.27. The minimum absolute atomic E-state index is 0.00431. The number of hydrogen-bond acceptors (Lipinski definition) is 8.